The van der Waals surface area contributed by atoms with Crippen LogP contribution in [0.25, 0.3) is 0 Å². The second kappa shape index (κ2) is 5.24. The Morgan fingerprint density at radius 1 is 0.909 bits per heavy atom. The molecule has 2 saturated carbocycles. The van der Waals surface area contributed by atoms with Crippen LogP contribution in [0, 0.1) is 22.2 Å². The van der Waals surface area contributed by atoms with Crippen molar-refractivity contribution < 1.29 is 0 Å². The number of allylic oxidation sites excluding steroid dienone is 4. The first kappa shape index (κ1) is 18.8. The summed E-state index contributed by atoms with van der Waals surface area (Å²) in [5, 5.41) is 0. The summed E-state index contributed by atoms with van der Waals surface area (Å²) in [5.41, 5.74) is 2.36. The zero-order chi connectivity index (χ0) is 22.5. The molecule has 0 N–H and O–H groups in total. The Hall–Kier alpha value is -2.56. The minimum atomic E-state index is -0.221. The fraction of sp³-hybridized carbons (Fsp3) is 0.571. The van der Waals surface area contributed by atoms with E-state index in [1.54, 1.807) is 4.57 Å². The van der Waals surface area contributed by atoms with Crippen LogP contribution in [-0.2, 0) is 11.8 Å². The summed E-state index contributed by atoms with van der Waals surface area (Å²) in [6, 6.07) is 8.50. The van der Waals surface area contributed by atoms with Crippen LogP contribution in [0.3, 0.4) is 0 Å². The van der Waals surface area contributed by atoms with Gasteiger partial charge in [-0.1, -0.05) is 69.3 Å². The number of nitrogens with zero attached hydrogens (tertiary/aromatic N) is 3. The van der Waals surface area contributed by atoms with E-state index in [0.717, 1.165) is 25.7 Å². The number of hydrogen-bond acceptors (Lipinski definition) is 2. The van der Waals surface area contributed by atoms with Gasteiger partial charge >= 0.3 is 11.4 Å². The van der Waals surface area contributed by atoms with E-state index < -0.39 is 0 Å². The molecule has 1 aromatic heterocycles. The maximum atomic E-state index is 14.1. The number of aryl methyl sites for hydroxylation is 1. The van der Waals surface area contributed by atoms with Gasteiger partial charge < -0.3 is 0 Å². The molecule has 0 amide bonds. The first-order valence-corrected chi connectivity index (χ1v) is 12.7. The fourth-order valence-corrected chi connectivity index (χ4v) is 9.53. The van der Waals surface area contributed by atoms with Crippen molar-refractivity contribution in [2.75, 3.05) is 0 Å². The molecule has 33 heavy (non-hydrogen) atoms. The highest BCUT2D eigenvalue weighted by Crippen LogP contribution is 2.72. The van der Waals surface area contributed by atoms with E-state index in [0.29, 0.717) is 5.92 Å². The van der Waals surface area contributed by atoms with Crippen molar-refractivity contribution in [3.63, 3.8) is 0 Å². The molecule has 9 rings (SSSR count). The van der Waals surface area contributed by atoms with E-state index in [-0.39, 0.29) is 51.2 Å². The highest BCUT2D eigenvalue weighted by molar-refractivity contribution is 5.57. The van der Waals surface area contributed by atoms with Crippen LogP contribution in [0.5, 0.6) is 0 Å². The summed E-state index contributed by atoms with van der Waals surface area (Å²) < 4.78 is 5.38. The van der Waals surface area contributed by atoms with Crippen molar-refractivity contribution >= 4 is 0 Å². The molecule has 2 aliphatic heterocycles. The molecule has 0 saturated heterocycles. The predicted octanol–water partition coefficient (Wildman–Crippen LogP) is 4.30. The van der Waals surface area contributed by atoms with Gasteiger partial charge in [0.15, 0.2) is 0 Å². The molecule has 5 nitrogen and oxygen atoms in total. The highest BCUT2D eigenvalue weighted by Gasteiger charge is 2.70. The van der Waals surface area contributed by atoms with Gasteiger partial charge in [-0.05, 0) is 60.0 Å². The number of rotatable bonds is 1. The molecule has 1 aromatic carbocycles. The maximum Gasteiger partial charge on any atom is 0.348 e. The van der Waals surface area contributed by atoms with Crippen molar-refractivity contribution in [2.24, 2.45) is 22.2 Å². The van der Waals surface area contributed by atoms with E-state index in [4.69, 9.17) is 0 Å². The van der Waals surface area contributed by atoms with Crippen LogP contribution in [0.15, 0.2) is 58.2 Å². The van der Waals surface area contributed by atoms with E-state index in [2.05, 4.69) is 69.3 Å². The Morgan fingerprint density at radius 2 is 1.64 bits per heavy atom. The van der Waals surface area contributed by atoms with Crippen molar-refractivity contribution in [3.8, 4) is 0 Å². The zero-order valence-corrected chi connectivity index (χ0v) is 19.6. The van der Waals surface area contributed by atoms with E-state index >= 15 is 0 Å². The average Bonchev–Trinajstić information content (AvgIpc) is 3.26. The second-order valence-corrected chi connectivity index (χ2v) is 12.4. The van der Waals surface area contributed by atoms with E-state index in [1.807, 2.05) is 9.36 Å². The minimum Gasteiger partial charge on any atom is -0.246 e. The van der Waals surface area contributed by atoms with E-state index in [9.17, 15) is 9.59 Å². The van der Waals surface area contributed by atoms with Crippen molar-refractivity contribution in [1.29, 1.82) is 0 Å². The summed E-state index contributed by atoms with van der Waals surface area (Å²) in [4.78, 5) is 28.2. The third kappa shape index (κ3) is 1.63. The third-order valence-electron chi connectivity index (χ3n) is 11.8. The SMILES string of the molecule is CC1(C)[C@@H]2CC[C@@]1(C)[C@H](n1c(=O)n3n(c1=O)[C@@H]1C=C[C@@H]3[C@@]34C=C[C@@]13CCc1ccccc14)C2. The molecule has 2 aromatic rings. The standard InChI is InChI=1S/C28H31N3O2/c1-25(2)18-11-12-26(25,3)22(16-18)29-23(32)30-20-8-9-21(31(30)24(29)33)28-15-14-27(20,28)13-10-17-6-4-5-7-19(17)28/h4-9,14-15,18,20-22H,10-13,16H2,1-3H3/t18-,20-,21-,22-,26+,27+,28+/m1/s1. The molecule has 5 heteroatoms. The number of benzene rings is 1. The predicted molar refractivity (Wildman–Crippen MR) is 126 cm³/mol. The van der Waals surface area contributed by atoms with Gasteiger partial charge in [0.05, 0.1) is 17.5 Å². The Kier molecular flexibility index (Phi) is 2.99. The Bertz CT molecular complexity index is 1440. The smallest absolute Gasteiger partial charge is 0.246 e. The summed E-state index contributed by atoms with van der Waals surface area (Å²) in [6.45, 7) is 7.02. The summed E-state index contributed by atoms with van der Waals surface area (Å²) >= 11 is 0. The molecule has 7 aliphatic rings. The highest BCUT2D eigenvalue weighted by atomic mass is 16.2. The molecule has 4 bridgehead atoms. The van der Waals surface area contributed by atoms with Gasteiger partial charge in [0.2, 0.25) is 0 Å². The zero-order valence-electron chi connectivity index (χ0n) is 19.6. The molecule has 170 valence electrons. The normalized spacial score (nSPS) is 44.2. The molecular formula is C28H31N3O2. The lowest BCUT2D eigenvalue weighted by atomic mass is 9.40. The first-order chi connectivity index (χ1) is 15.8. The van der Waals surface area contributed by atoms with Crippen molar-refractivity contribution in [3.05, 3.63) is 80.7 Å². The van der Waals surface area contributed by atoms with Crippen LogP contribution in [-0.4, -0.2) is 13.9 Å². The monoisotopic (exact) mass is 441 g/mol. The maximum absolute atomic E-state index is 14.1. The largest absolute Gasteiger partial charge is 0.348 e. The van der Waals surface area contributed by atoms with Crippen molar-refractivity contribution in [2.45, 2.75) is 76.4 Å². The third-order valence-corrected chi connectivity index (χ3v) is 11.8. The molecular weight excluding hydrogens is 410 g/mol. The van der Waals surface area contributed by atoms with Crippen LogP contribution in [0.2, 0.25) is 0 Å². The average molecular weight is 442 g/mol. The molecule has 5 aliphatic carbocycles. The van der Waals surface area contributed by atoms with Crippen LogP contribution < -0.4 is 11.4 Å². The lowest BCUT2D eigenvalue weighted by molar-refractivity contribution is -0.00716. The fourth-order valence-electron chi connectivity index (χ4n) is 9.53. The number of fused-ring (bicyclic) bond motifs is 3. The van der Waals surface area contributed by atoms with Gasteiger partial charge in [0.1, 0.15) is 0 Å². The molecule has 3 heterocycles. The van der Waals surface area contributed by atoms with Gasteiger partial charge in [0.25, 0.3) is 0 Å². The summed E-state index contributed by atoms with van der Waals surface area (Å²) in [5.74, 6) is 0.583. The quantitative estimate of drug-likeness (QED) is 0.620. The molecule has 2 fully saturated rings. The van der Waals surface area contributed by atoms with Gasteiger partial charge in [-0.25, -0.2) is 23.5 Å². The summed E-state index contributed by atoms with van der Waals surface area (Å²) in [7, 11) is 0. The second-order valence-electron chi connectivity index (χ2n) is 12.4. The van der Waals surface area contributed by atoms with Crippen LogP contribution in [0.4, 0.5) is 0 Å². The number of aromatic nitrogens is 3. The molecule has 7 atom stereocenters. The van der Waals surface area contributed by atoms with Gasteiger partial charge in [-0.15, -0.1) is 0 Å². The summed E-state index contributed by atoms with van der Waals surface area (Å²) in [6.07, 6.45) is 14.4. The van der Waals surface area contributed by atoms with E-state index in [1.165, 1.54) is 17.5 Å². The Morgan fingerprint density at radius 3 is 2.30 bits per heavy atom. The van der Waals surface area contributed by atoms with Crippen molar-refractivity contribution in [1.82, 2.24) is 13.9 Å². The van der Waals surface area contributed by atoms with Gasteiger partial charge in [-0.3, -0.25) is 0 Å². The molecule has 0 unspecified atom stereocenters. The van der Waals surface area contributed by atoms with Crippen LogP contribution in [0.1, 0.15) is 75.7 Å². The van der Waals surface area contributed by atoms with Gasteiger partial charge in [-0.2, -0.15) is 0 Å². The molecule has 0 radical (unpaired) electrons. The lowest BCUT2D eigenvalue weighted by Crippen LogP contribution is -2.67. The Balaban J connectivity index is 1.38. The Labute approximate surface area is 193 Å². The topological polar surface area (TPSA) is 48.9 Å². The molecule has 0 spiro atoms. The van der Waals surface area contributed by atoms with Gasteiger partial charge in [0, 0.05) is 11.5 Å². The number of hydrogen-bond donors (Lipinski definition) is 0. The minimum absolute atomic E-state index is 0.00817. The lowest BCUT2D eigenvalue weighted by Gasteiger charge is -2.67. The van der Waals surface area contributed by atoms with Crippen LogP contribution >= 0.6 is 0 Å². The first-order valence-electron chi connectivity index (χ1n) is 12.7.